The molecule has 2 rings (SSSR count). The van der Waals surface area contributed by atoms with Gasteiger partial charge >= 0.3 is 7.12 Å². The molecule has 0 atom stereocenters. The van der Waals surface area contributed by atoms with Crippen LogP contribution in [0.25, 0.3) is 0 Å². The highest BCUT2D eigenvalue weighted by Gasteiger charge is 2.52. The molecule has 0 aliphatic carbocycles. The minimum Gasteiger partial charge on any atom is -0.398 e. The van der Waals surface area contributed by atoms with E-state index in [1.165, 1.54) is 0 Å². The summed E-state index contributed by atoms with van der Waals surface area (Å²) in [5.74, 6) is 0. The number of aliphatic hydroxyl groups is 2. The molecule has 0 unspecified atom stereocenters. The van der Waals surface area contributed by atoms with Gasteiger partial charge in [-0.2, -0.15) is 0 Å². The zero-order valence-corrected chi connectivity index (χ0v) is 11.8. The molecule has 0 spiro atoms. The van der Waals surface area contributed by atoms with Crippen LogP contribution in [0.3, 0.4) is 0 Å². The van der Waals surface area contributed by atoms with Crippen LogP contribution in [0.15, 0.2) is 12.3 Å². The number of pyridine rings is 1. The maximum Gasteiger partial charge on any atom is 0.514 e. The summed E-state index contributed by atoms with van der Waals surface area (Å²) < 4.78 is 11.8. The van der Waals surface area contributed by atoms with Crippen LogP contribution in [-0.4, -0.2) is 33.5 Å². The SMILES string of the molecule is CC1(C)OB(c2nccc(CO)c2CO)OC1(C)C. The molecule has 0 amide bonds. The van der Waals surface area contributed by atoms with Gasteiger partial charge in [-0.1, -0.05) is 0 Å². The first kappa shape index (κ1) is 14.5. The standard InChI is InChI=1S/C13H20BNO4/c1-12(2)13(3,4)19-14(18-12)11-10(8-17)9(7-16)5-6-15-11/h5-6,16-17H,7-8H2,1-4H3. The lowest BCUT2D eigenvalue weighted by Gasteiger charge is -2.32. The first-order valence-electron chi connectivity index (χ1n) is 6.36. The smallest absolute Gasteiger partial charge is 0.398 e. The summed E-state index contributed by atoms with van der Waals surface area (Å²) in [4.78, 5) is 4.25. The Balaban J connectivity index is 2.39. The molecule has 19 heavy (non-hydrogen) atoms. The molecular weight excluding hydrogens is 245 g/mol. The summed E-state index contributed by atoms with van der Waals surface area (Å²) in [6.07, 6.45) is 1.59. The van der Waals surface area contributed by atoms with Crippen LogP contribution in [-0.2, 0) is 22.5 Å². The Hall–Kier alpha value is -0.945. The second kappa shape index (κ2) is 4.87. The molecule has 1 aliphatic heterocycles. The van der Waals surface area contributed by atoms with E-state index in [-0.39, 0.29) is 13.2 Å². The molecule has 1 aliphatic rings. The molecular formula is C13H20BNO4. The number of hydrogen-bond donors (Lipinski definition) is 2. The Morgan fingerprint density at radius 3 is 2.16 bits per heavy atom. The van der Waals surface area contributed by atoms with Gasteiger partial charge in [0.2, 0.25) is 0 Å². The highest BCUT2D eigenvalue weighted by molar-refractivity contribution is 6.61. The van der Waals surface area contributed by atoms with Crippen LogP contribution in [0, 0.1) is 0 Å². The highest BCUT2D eigenvalue weighted by atomic mass is 16.7. The molecule has 0 bridgehead atoms. The van der Waals surface area contributed by atoms with Gasteiger partial charge < -0.3 is 19.5 Å². The summed E-state index contributed by atoms with van der Waals surface area (Å²) in [6.45, 7) is 7.49. The lowest BCUT2D eigenvalue weighted by Crippen LogP contribution is -2.41. The lowest BCUT2D eigenvalue weighted by molar-refractivity contribution is 0.00578. The van der Waals surface area contributed by atoms with E-state index in [1.54, 1.807) is 12.3 Å². The van der Waals surface area contributed by atoms with Crippen molar-refractivity contribution in [2.75, 3.05) is 0 Å². The summed E-state index contributed by atoms with van der Waals surface area (Å²) in [5.41, 5.74) is 0.834. The molecule has 0 radical (unpaired) electrons. The normalized spacial score (nSPS) is 20.8. The Kier molecular flexibility index (Phi) is 3.70. The molecule has 1 aromatic heterocycles. The average molecular weight is 265 g/mol. The van der Waals surface area contributed by atoms with Gasteiger partial charge in [0.25, 0.3) is 0 Å². The third-order valence-electron chi connectivity index (χ3n) is 3.99. The van der Waals surface area contributed by atoms with Crippen LogP contribution in [0.1, 0.15) is 38.8 Å². The topological polar surface area (TPSA) is 71.8 Å². The van der Waals surface area contributed by atoms with Crippen LogP contribution < -0.4 is 5.59 Å². The van der Waals surface area contributed by atoms with Crippen LogP contribution in [0.2, 0.25) is 0 Å². The summed E-state index contributed by atoms with van der Waals surface area (Å²) in [7, 11) is -0.626. The molecule has 2 N–H and O–H groups in total. The predicted molar refractivity (Wildman–Crippen MR) is 71.8 cm³/mol. The van der Waals surface area contributed by atoms with Crippen molar-refractivity contribution in [1.29, 1.82) is 0 Å². The Morgan fingerprint density at radius 2 is 1.68 bits per heavy atom. The van der Waals surface area contributed by atoms with Crippen molar-refractivity contribution >= 4 is 12.7 Å². The van der Waals surface area contributed by atoms with Crippen molar-refractivity contribution in [2.45, 2.75) is 52.1 Å². The fourth-order valence-electron chi connectivity index (χ4n) is 2.04. The van der Waals surface area contributed by atoms with E-state index < -0.39 is 18.3 Å². The van der Waals surface area contributed by atoms with Crippen molar-refractivity contribution in [2.24, 2.45) is 0 Å². The molecule has 1 fully saturated rings. The molecule has 2 heterocycles. The molecule has 5 nitrogen and oxygen atoms in total. The Labute approximate surface area is 113 Å². The third-order valence-corrected chi connectivity index (χ3v) is 3.99. The minimum absolute atomic E-state index is 0.148. The number of nitrogens with zero attached hydrogens (tertiary/aromatic N) is 1. The summed E-state index contributed by atoms with van der Waals surface area (Å²) in [6, 6.07) is 1.68. The first-order chi connectivity index (χ1) is 8.82. The molecule has 0 aromatic carbocycles. The van der Waals surface area contributed by atoms with Crippen molar-refractivity contribution in [1.82, 2.24) is 4.98 Å². The lowest BCUT2D eigenvalue weighted by atomic mass is 9.79. The number of aromatic nitrogens is 1. The highest BCUT2D eigenvalue weighted by Crippen LogP contribution is 2.36. The fourth-order valence-corrected chi connectivity index (χ4v) is 2.04. The molecule has 104 valence electrons. The number of aliphatic hydroxyl groups excluding tert-OH is 2. The van der Waals surface area contributed by atoms with E-state index in [1.807, 2.05) is 27.7 Å². The second-order valence-electron chi connectivity index (χ2n) is 5.74. The maximum absolute atomic E-state index is 9.49. The second-order valence-corrected chi connectivity index (χ2v) is 5.74. The van der Waals surface area contributed by atoms with Gasteiger partial charge in [0.1, 0.15) is 0 Å². The van der Waals surface area contributed by atoms with E-state index in [0.717, 1.165) is 0 Å². The van der Waals surface area contributed by atoms with Gasteiger partial charge in [-0.3, -0.25) is 4.98 Å². The monoisotopic (exact) mass is 265 g/mol. The van der Waals surface area contributed by atoms with Crippen LogP contribution in [0.5, 0.6) is 0 Å². The first-order valence-corrected chi connectivity index (χ1v) is 6.36. The maximum atomic E-state index is 9.49. The van der Waals surface area contributed by atoms with Gasteiger partial charge in [-0.05, 0) is 39.3 Å². The van der Waals surface area contributed by atoms with Gasteiger partial charge in [-0.25, -0.2) is 0 Å². The van der Waals surface area contributed by atoms with E-state index >= 15 is 0 Å². The van der Waals surface area contributed by atoms with Crippen LogP contribution in [0.4, 0.5) is 0 Å². The quantitative estimate of drug-likeness (QED) is 0.772. The Bertz CT molecular complexity index is 460. The number of hydrogen-bond acceptors (Lipinski definition) is 5. The van der Waals surface area contributed by atoms with Crippen LogP contribution >= 0.6 is 0 Å². The average Bonchev–Trinajstić information content (AvgIpc) is 2.57. The van der Waals surface area contributed by atoms with E-state index in [4.69, 9.17) is 9.31 Å². The molecule has 1 saturated heterocycles. The largest absolute Gasteiger partial charge is 0.514 e. The predicted octanol–water partition coefficient (Wildman–Crippen LogP) is 0.365. The van der Waals surface area contributed by atoms with E-state index in [0.29, 0.717) is 16.7 Å². The zero-order valence-electron chi connectivity index (χ0n) is 11.8. The summed E-state index contributed by atoms with van der Waals surface area (Å²) in [5, 5.41) is 18.8. The number of rotatable bonds is 3. The van der Waals surface area contributed by atoms with Gasteiger partial charge in [0, 0.05) is 11.8 Å². The van der Waals surface area contributed by atoms with Gasteiger partial charge in [0.15, 0.2) is 0 Å². The summed E-state index contributed by atoms with van der Waals surface area (Å²) >= 11 is 0. The Morgan fingerprint density at radius 1 is 1.11 bits per heavy atom. The van der Waals surface area contributed by atoms with Crippen molar-refractivity contribution in [3.63, 3.8) is 0 Å². The van der Waals surface area contributed by atoms with Crippen molar-refractivity contribution in [3.8, 4) is 0 Å². The molecule has 6 heteroatoms. The molecule has 1 aromatic rings. The van der Waals surface area contributed by atoms with Gasteiger partial charge in [0.05, 0.1) is 30.0 Å². The third kappa shape index (κ3) is 2.41. The van der Waals surface area contributed by atoms with E-state index in [2.05, 4.69) is 4.98 Å². The zero-order chi connectivity index (χ0) is 14.3. The fraction of sp³-hybridized carbons (Fsp3) is 0.615. The van der Waals surface area contributed by atoms with Crippen molar-refractivity contribution < 1.29 is 19.5 Å². The minimum atomic E-state index is -0.626. The van der Waals surface area contributed by atoms with E-state index in [9.17, 15) is 10.2 Å². The molecule has 0 saturated carbocycles. The van der Waals surface area contributed by atoms with Crippen molar-refractivity contribution in [3.05, 3.63) is 23.4 Å². The van der Waals surface area contributed by atoms with Gasteiger partial charge in [-0.15, -0.1) is 0 Å².